The Hall–Kier alpha value is -1.08. The first-order valence-electron chi connectivity index (χ1n) is 6.65. The molecular weight excluding hydrogens is 264 g/mol. The van der Waals surface area contributed by atoms with E-state index in [2.05, 4.69) is 15.1 Å². The first-order valence-corrected chi connectivity index (χ1v) is 8.20. The molecule has 6 nitrogen and oxygen atoms in total. The van der Waals surface area contributed by atoms with Crippen LogP contribution in [0.5, 0.6) is 0 Å². The minimum Gasteiger partial charge on any atom is -0.315 e. The number of anilines is 1. The van der Waals surface area contributed by atoms with E-state index in [1.165, 1.54) is 0 Å². The predicted molar refractivity (Wildman–Crippen MR) is 77.8 cm³/mol. The van der Waals surface area contributed by atoms with Crippen molar-refractivity contribution < 1.29 is 8.42 Å². The van der Waals surface area contributed by atoms with Crippen LogP contribution in [0.25, 0.3) is 0 Å². The van der Waals surface area contributed by atoms with Crippen LogP contribution >= 0.6 is 0 Å². The van der Waals surface area contributed by atoms with Crippen molar-refractivity contribution in [3.05, 3.63) is 11.9 Å². The molecule has 1 aromatic rings. The van der Waals surface area contributed by atoms with Crippen LogP contribution in [0.3, 0.4) is 0 Å². The number of hydrogen-bond acceptors (Lipinski definition) is 4. The second kappa shape index (κ2) is 6.91. The molecule has 0 fully saturated rings. The molecule has 0 spiro atoms. The Morgan fingerprint density at radius 2 is 2.11 bits per heavy atom. The standard InChI is InChI=1S/C12H24N4O2S/c1-5-7-13-8-10(3)19(17,18)15-12-9-16(4)14-11(12)6-2/h9-10,13,15H,5-8H2,1-4H3. The minimum atomic E-state index is -3.38. The van der Waals surface area contributed by atoms with E-state index in [1.807, 2.05) is 13.8 Å². The molecule has 0 bridgehead atoms. The molecule has 1 unspecified atom stereocenters. The summed E-state index contributed by atoms with van der Waals surface area (Å²) in [6, 6.07) is 0. The first-order chi connectivity index (χ1) is 8.90. The van der Waals surface area contributed by atoms with Crippen molar-refractivity contribution in [1.29, 1.82) is 0 Å². The van der Waals surface area contributed by atoms with E-state index in [9.17, 15) is 8.42 Å². The summed E-state index contributed by atoms with van der Waals surface area (Å²) in [5.41, 5.74) is 1.34. The number of nitrogens with one attached hydrogen (secondary N) is 2. The first kappa shape index (κ1) is 16.0. The average Bonchev–Trinajstić information content (AvgIpc) is 2.68. The van der Waals surface area contributed by atoms with E-state index < -0.39 is 15.3 Å². The average molecular weight is 288 g/mol. The molecular formula is C12H24N4O2S. The van der Waals surface area contributed by atoms with Gasteiger partial charge in [-0.05, 0) is 26.3 Å². The van der Waals surface area contributed by atoms with E-state index in [-0.39, 0.29) is 0 Å². The second-order valence-electron chi connectivity index (χ2n) is 4.68. The topological polar surface area (TPSA) is 76.0 Å². The van der Waals surface area contributed by atoms with Gasteiger partial charge in [0, 0.05) is 19.8 Å². The van der Waals surface area contributed by atoms with Crippen molar-refractivity contribution in [3.8, 4) is 0 Å². The highest BCUT2D eigenvalue weighted by molar-refractivity contribution is 7.93. The summed E-state index contributed by atoms with van der Waals surface area (Å²) < 4.78 is 28.6. The van der Waals surface area contributed by atoms with Crippen LogP contribution in [0, 0.1) is 0 Å². The van der Waals surface area contributed by atoms with Gasteiger partial charge in [-0.1, -0.05) is 13.8 Å². The summed E-state index contributed by atoms with van der Waals surface area (Å²) in [4.78, 5) is 0. The van der Waals surface area contributed by atoms with Gasteiger partial charge in [-0.3, -0.25) is 9.40 Å². The molecule has 0 aliphatic heterocycles. The lowest BCUT2D eigenvalue weighted by atomic mass is 10.3. The molecule has 2 N–H and O–H groups in total. The maximum atomic E-state index is 12.2. The Morgan fingerprint density at radius 3 is 2.68 bits per heavy atom. The molecule has 1 aromatic heterocycles. The Bertz CT molecular complexity index is 496. The lowest BCUT2D eigenvalue weighted by molar-refractivity contribution is 0.575. The SMILES string of the molecule is CCCNCC(C)S(=O)(=O)Nc1cn(C)nc1CC. The predicted octanol–water partition coefficient (Wildman–Crippen LogP) is 1.11. The lowest BCUT2D eigenvalue weighted by Gasteiger charge is -2.15. The summed E-state index contributed by atoms with van der Waals surface area (Å²) >= 11 is 0. The van der Waals surface area contributed by atoms with E-state index in [4.69, 9.17) is 0 Å². The van der Waals surface area contributed by atoms with Crippen LogP contribution < -0.4 is 10.0 Å². The van der Waals surface area contributed by atoms with Crippen molar-refractivity contribution in [2.75, 3.05) is 17.8 Å². The van der Waals surface area contributed by atoms with E-state index >= 15 is 0 Å². The molecule has 7 heteroatoms. The molecule has 1 heterocycles. The molecule has 0 saturated heterocycles. The molecule has 1 atom stereocenters. The third-order valence-electron chi connectivity index (χ3n) is 2.88. The van der Waals surface area contributed by atoms with Gasteiger partial charge in [0.2, 0.25) is 10.0 Å². The van der Waals surface area contributed by atoms with Gasteiger partial charge >= 0.3 is 0 Å². The number of aromatic nitrogens is 2. The third kappa shape index (κ3) is 4.50. The van der Waals surface area contributed by atoms with Crippen molar-refractivity contribution in [1.82, 2.24) is 15.1 Å². The Labute approximate surface area is 115 Å². The molecule has 0 radical (unpaired) electrons. The van der Waals surface area contributed by atoms with Gasteiger partial charge in [0.05, 0.1) is 16.6 Å². The molecule has 1 rings (SSSR count). The van der Waals surface area contributed by atoms with Crippen LogP contribution in [-0.2, 0) is 23.5 Å². The number of aryl methyl sites for hydroxylation is 2. The zero-order chi connectivity index (χ0) is 14.5. The highest BCUT2D eigenvalue weighted by Crippen LogP contribution is 2.17. The summed E-state index contributed by atoms with van der Waals surface area (Å²) in [6.07, 6.45) is 3.38. The second-order valence-corrected chi connectivity index (χ2v) is 6.78. The Balaban J connectivity index is 2.72. The highest BCUT2D eigenvalue weighted by atomic mass is 32.2. The highest BCUT2D eigenvalue weighted by Gasteiger charge is 2.22. The molecule has 110 valence electrons. The van der Waals surface area contributed by atoms with Crippen LogP contribution in [0.1, 0.15) is 32.9 Å². The van der Waals surface area contributed by atoms with Gasteiger partial charge in [-0.25, -0.2) is 8.42 Å². The monoisotopic (exact) mass is 288 g/mol. The number of rotatable bonds is 8. The molecule has 0 aliphatic carbocycles. The van der Waals surface area contributed by atoms with Crippen molar-refractivity contribution in [2.45, 2.75) is 38.9 Å². The van der Waals surface area contributed by atoms with Gasteiger partial charge in [0.15, 0.2) is 0 Å². The lowest BCUT2D eigenvalue weighted by Crippen LogP contribution is -2.35. The van der Waals surface area contributed by atoms with Gasteiger partial charge in [0.1, 0.15) is 0 Å². The summed E-state index contributed by atoms with van der Waals surface area (Å²) in [7, 11) is -1.60. The zero-order valence-electron chi connectivity index (χ0n) is 12.1. The Morgan fingerprint density at radius 1 is 1.42 bits per heavy atom. The molecule has 0 saturated carbocycles. The Kier molecular flexibility index (Phi) is 5.81. The fraction of sp³-hybridized carbons (Fsp3) is 0.750. The summed E-state index contributed by atoms with van der Waals surface area (Å²) in [5.74, 6) is 0. The molecule has 19 heavy (non-hydrogen) atoms. The quantitative estimate of drug-likeness (QED) is 0.703. The summed E-state index contributed by atoms with van der Waals surface area (Å²) in [5, 5.41) is 6.86. The fourth-order valence-corrected chi connectivity index (χ4v) is 2.74. The number of hydrogen-bond donors (Lipinski definition) is 2. The van der Waals surface area contributed by atoms with E-state index in [0.29, 0.717) is 18.7 Å². The van der Waals surface area contributed by atoms with Crippen LogP contribution in [0.2, 0.25) is 0 Å². The third-order valence-corrected chi connectivity index (χ3v) is 4.61. The van der Waals surface area contributed by atoms with Crippen LogP contribution in [-0.4, -0.2) is 36.5 Å². The normalized spacial score (nSPS) is 13.5. The van der Waals surface area contributed by atoms with Crippen molar-refractivity contribution >= 4 is 15.7 Å². The van der Waals surface area contributed by atoms with Gasteiger partial charge in [-0.15, -0.1) is 0 Å². The van der Waals surface area contributed by atoms with Gasteiger partial charge in [-0.2, -0.15) is 5.10 Å². The largest absolute Gasteiger partial charge is 0.315 e. The van der Waals surface area contributed by atoms with Crippen LogP contribution in [0.4, 0.5) is 5.69 Å². The van der Waals surface area contributed by atoms with Gasteiger partial charge in [0.25, 0.3) is 0 Å². The van der Waals surface area contributed by atoms with E-state index in [0.717, 1.165) is 18.7 Å². The summed E-state index contributed by atoms with van der Waals surface area (Å²) in [6.45, 7) is 6.98. The fourth-order valence-electron chi connectivity index (χ4n) is 1.73. The maximum Gasteiger partial charge on any atom is 0.236 e. The van der Waals surface area contributed by atoms with Crippen LogP contribution in [0.15, 0.2) is 6.20 Å². The minimum absolute atomic E-state index is 0.449. The zero-order valence-corrected chi connectivity index (χ0v) is 12.9. The van der Waals surface area contributed by atoms with Gasteiger partial charge < -0.3 is 5.32 Å². The number of nitrogens with zero attached hydrogens (tertiary/aromatic N) is 2. The number of sulfonamides is 1. The van der Waals surface area contributed by atoms with E-state index in [1.54, 1.807) is 24.9 Å². The molecule has 0 amide bonds. The molecule has 0 aliphatic rings. The van der Waals surface area contributed by atoms with Crippen molar-refractivity contribution in [3.63, 3.8) is 0 Å². The smallest absolute Gasteiger partial charge is 0.236 e. The van der Waals surface area contributed by atoms with Crippen molar-refractivity contribution in [2.24, 2.45) is 7.05 Å². The maximum absolute atomic E-state index is 12.2. The molecule has 0 aromatic carbocycles.